The van der Waals surface area contributed by atoms with Gasteiger partial charge in [0, 0.05) is 31.0 Å². The van der Waals surface area contributed by atoms with E-state index in [0.29, 0.717) is 23.4 Å². The van der Waals surface area contributed by atoms with E-state index in [4.69, 9.17) is 38.2 Å². The molecule has 4 rings (SSSR count). The van der Waals surface area contributed by atoms with Gasteiger partial charge in [-0.25, -0.2) is 9.97 Å². The van der Waals surface area contributed by atoms with E-state index >= 15 is 0 Å². The number of fused-ring (bicyclic) bond motifs is 1. The van der Waals surface area contributed by atoms with Crippen LogP contribution in [0.5, 0.6) is 0 Å². The molecule has 1 atom stereocenters. The third kappa shape index (κ3) is 3.74. The highest BCUT2D eigenvalue weighted by Crippen LogP contribution is 2.42. The van der Waals surface area contributed by atoms with Gasteiger partial charge in [-0.2, -0.15) is 5.10 Å². The van der Waals surface area contributed by atoms with E-state index in [9.17, 15) is 0 Å². The van der Waals surface area contributed by atoms with E-state index in [1.807, 2.05) is 13.0 Å². The van der Waals surface area contributed by atoms with Crippen molar-refractivity contribution in [3.8, 4) is 0 Å². The summed E-state index contributed by atoms with van der Waals surface area (Å²) in [6, 6.07) is 1.28. The van der Waals surface area contributed by atoms with Crippen LogP contribution in [0.2, 0.25) is 5.11 Å². The lowest BCUT2D eigenvalue weighted by molar-refractivity contribution is 0.0651. The minimum absolute atomic E-state index is 0.238. The summed E-state index contributed by atoms with van der Waals surface area (Å²) in [4.78, 5) is 14.0. The van der Waals surface area contributed by atoms with Gasteiger partial charge in [0.2, 0.25) is 0 Å². The number of methoxy groups -OCH3 is 1. The molecule has 2 aromatic heterocycles. The first kappa shape index (κ1) is 19.2. The predicted octanol–water partition coefficient (Wildman–Crippen LogP) is 1.98. The molecule has 1 saturated carbocycles. The van der Waals surface area contributed by atoms with Gasteiger partial charge in [0.05, 0.1) is 46.9 Å². The molecule has 0 amide bonds. The van der Waals surface area contributed by atoms with Crippen LogP contribution < -0.4 is 5.32 Å². The molecule has 0 bridgehead atoms. The zero-order valence-corrected chi connectivity index (χ0v) is 16.1. The molecule has 1 fully saturated rings. The van der Waals surface area contributed by atoms with Gasteiger partial charge in [-0.1, -0.05) is 0 Å². The molecule has 3 heterocycles. The molecule has 0 spiro atoms. The highest BCUT2D eigenvalue weighted by Gasteiger charge is 2.34. The topological polar surface area (TPSA) is 88.1 Å². The number of rotatable bonds is 5. The number of anilines is 2. The van der Waals surface area contributed by atoms with Crippen molar-refractivity contribution in [3.05, 3.63) is 28.8 Å². The maximum Gasteiger partial charge on any atom is 0.153 e. The number of H-pyrrole nitrogens is 1. The van der Waals surface area contributed by atoms with E-state index < -0.39 is 11.2 Å². The molecule has 6 radical (unpaired) electrons. The van der Waals surface area contributed by atoms with Crippen LogP contribution in [-0.4, -0.2) is 63.1 Å². The van der Waals surface area contributed by atoms with Crippen molar-refractivity contribution in [3.63, 3.8) is 0 Å². The Labute approximate surface area is 168 Å². The monoisotopic (exact) mass is 370 g/mol. The lowest BCUT2D eigenvalue weighted by Crippen LogP contribution is -2.24. The minimum atomic E-state index is -1.50. The Morgan fingerprint density at radius 2 is 1.93 bits per heavy atom. The first-order chi connectivity index (χ1) is 13.3. The molecule has 2 aliphatic rings. The number of aromatic nitrogens is 4. The van der Waals surface area contributed by atoms with E-state index in [0.717, 1.165) is 42.8 Å². The highest BCUT2D eigenvalue weighted by molar-refractivity contribution is 6.59. The van der Waals surface area contributed by atoms with Crippen LogP contribution in [-0.2, 0) is 4.74 Å². The summed E-state index contributed by atoms with van der Waals surface area (Å²) in [5.74, 6) is 2.30. The number of nitrogens with one attached hydrogen (secondary N) is 2. The molecule has 28 heavy (non-hydrogen) atoms. The summed E-state index contributed by atoms with van der Waals surface area (Å²) in [5, 5.41) is 8.92. The zero-order chi connectivity index (χ0) is 19.9. The summed E-state index contributed by atoms with van der Waals surface area (Å²) in [5.41, 5.74) is 2.34. The van der Waals surface area contributed by atoms with Gasteiger partial charge >= 0.3 is 0 Å². The van der Waals surface area contributed by atoms with Gasteiger partial charge < -0.3 is 10.1 Å². The van der Waals surface area contributed by atoms with Crippen LogP contribution in [0.4, 0.5) is 11.6 Å². The fourth-order valence-electron chi connectivity index (χ4n) is 3.86. The first-order valence-corrected chi connectivity index (χ1v) is 9.48. The summed E-state index contributed by atoms with van der Waals surface area (Å²) in [6.07, 6.45) is 5.87. The molecule has 1 unspecified atom stereocenters. The molecule has 0 saturated heterocycles. The molecule has 1 aliphatic heterocycles. The van der Waals surface area contributed by atoms with Gasteiger partial charge in [-0.05, 0) is 32.6 Å². The number of hydrogen-bond donors (Lipinski definition) is 2. The maximum absolute atomic E-state index is 5.95. The normalized spacial score (nSPS) is 24.3. The van der Waals surface area contributed by atoms with Gasteiger partial charge in [0.15, 0.2) is 5.82 Å². The van der Waals surface area contributed by atoms with E-state index in [2.05, 4.69) is 20.5 Å². The number of ether oxygens (including phenoxy) is 1. The molecule has 0 aromatic carbocycles. The molecular formula is C18H21B3N6O. The number of hydrogen-bond acceptors (Lipinski definition) is 6. The number of nitrogens with zero attached hydrogens (tertiary/aromatic N) is 4. The Hall–Kier alpha value is -2.09. The standard InChI is InChI=1S/C18H21B3N6O/c1-9-7-13(27-26-9)23-17-12-8-22-15(18(19,20)21)14(12)24-16(25-17)10-3-5-11(28-2)6-4-10/h7-8,10-11,15H,3-6H2,1-2H3,(H2,23,24,25,26,27). The zero-order valence-electron chi connectivity index (χ0n) is 16.1. The Balaban J connectivity index is 1.71. The second kappa shape index (κ2) is 7.39. The van der Waals surface area contributed by atoms with E-state index in [-0.39, 0.29) is 5.92 Å². The smallest absolute Gasteiger partial charge is 0.153 e. The van der Waals surface area contributed by atoms with E-state index in [1.165, 1.54) is 0 Å². The quantitative estimate of drug-likeness (QED) is 0.787. The molecule has 10 heteroatoms. The minimum Gasteiger partial charge on any atom is -0.381 e. The average Bonchev–Trinajstić information content (AvgIpc) is 3.27. The van der Waals surface area contributed by atoms with Crippen LogP contribution in [0.3, 0.4) is 0 Å². The van der Waals surface area contributed by atoms with Crippen LogP contribution in [0.25, 0.3) is 0 Å². The Morgan fingerprint density at radius 3 is 2.54 bits per heavy atom. The highest BCUT2D eigenvalue weighted by atomic mass is 16.5. The van der Waals surface area contributed by atoms with Gasteiger partial charge in [-0.15, -0.1) is 5.11 Å². The second-order valence-corrected chi connectivity index (χ2v) is 7.68. The van der Waals surface area contributed by atoms with Crippen molar-refractivity contribution < 1.29 is 4.74 Å². The Morgan fingerprint density at radius 1 is 1.18 bits per heavy atom. The fraction of sp³-hybridized carbons (Fsp3) is 0.556. The van der Waals surface area contributed by atoms with Gasteiger partial charge in [0.1, 0.15) is 11.6 Å². The molecular weight excluding hydrogens is 349 g/mol. The van der Waals surface area contributed by atoms with Crippen LogP contribution in [0.15, 0.2) is 11.1 Å². The van der Waals surface area contributed by atoms with Crippen molar-refractivity contribution in [2.24, 2.45) is 4.99 Å². The first-order valence-electron chi connectivity index (χ1n) is 9.48. The molecule has 7 nitrogen and oxygen atoms in total. The second-order valence-electron chi connectivity index (χ2n) is 7.68. The third-order valence-electron chi connectivity index (χ3n) is 5.40. The third-order valence-corrected chi connectivity index (χ3v) is 5.40. The summed E-state index contributed by atoms with van der Waals surface area (Å²) in [6.45, 7) is 1.94. The van der Waals surface area contributed by atoms with Gasteiger partial charge in [-0.3, -0.25) is 10.1 Å². The SMILES string of the molecule is [B]C([B])([B])C1N=Cc2c(Nc3cc(C)[nH]n3)nc(C3CCC(OC)CC3)nc21. The molecule has 2 aromatic rings. The van der Waals surface area contributed by atoms with Crippen molar-refractivity contribution in [1.82, 2.24) is 20.2 Å². The average molecular weight is 370 g/mol. The number of aliphatic imine (C=N–C) groups is 1. The van der Waals surface area contributed by atoms with Crippen LogP contribution in [0, 0.1) is 6.92 Å². The van der Waals surface area contributed by atoms with Crippen LogP contribution >= 0.6 is 0 Å². The fourth-order valence-corrected chi connectivity index (χ4v) is 3.86. The van der Waals surface area contributed by atoms with Crippen molar-refractivity contribution in [1.29, 1.82) is 0 Å². The maximum atomic E-state index is 5.95. The van der Waals surface area contributed by atoms with Crippen molar-refractivity contribution in [2.45, 2.75) is 55.8 Å². The number of aromatic amines is 1. The predicted molar refractivity (Wildman–Crippen MR) is 111 cm³/mol. The lowest BCUT2D eigenvalue weighted by atomic mass is 9.39. The van der Waals surface area contributed by atoms with Gasteiger partial charge in [0.25, 0.3) is 0 Å². The molecule has 2 N–H and O–H groups in total. The van der Waals surface area contributed by atoms with Crippen molar-refractivity contribution >= 4 is 41.4 Å². The summed E-state index contributed by atoms with van der Waals surface area (Å²) >= 11 is 0. The lowest BCUT2D eigenvalue weighted by Gasteiger charge is -2.29. The molecule has 138 valence electrons. The summed E-state index contributed by atoms with van der Waals surface area (Å²) < 4.78 is 5.48. The Bertz CT molecular complexity index is 886. The largest absolute Gasteiger partial charge is 0.381 e. The summed E-state index contributed by atoms with van der Waals surface area (Å²) in [7, 11) is 19.6. The van der Waals surface area contributed by atoms with E-state index in [1.54, 1.807) is 13.3 Å². The van der Waals surface area contributed by atoms with Crippen LogP contribution in [0.1, 0.15) is 60.4 Å². The number of aryl methyl sites for hydroxylation is 1. The molecule has 1 aliphatic carbocycles. The Kier molecular flexibility index (Phi) is 5.08. The van der Waals surface area contributed by atoms with Crippen molar-refractivity contribution in [2.75, 3.05) is 12.4 Å².